The smallest absolute Gasteiger partial charge is 0.418 e. The summed E-state index contributed by atoms with van der Waals surface area (Å²) in [5, 5.41) is 1.05. The molecule has 110 valence electrons. The minimum Gasteiger partial charge on any atom is -0.452 e. The first-order valence-corrected chi connectivity index (χ1v) is 7.15. The van der Waals surface area contributed by atoms with E-state index in [0.29, 0.717) is 6.42 Å². The highest BCUT2D eigenvalue weighted by atomic mass is 16.5. The maximum atomic E-state index is 12.4. The molecular weight excluding hydrogens is 274 g/mol. The SMILES string of the molecule is C=CCc1c(-c2ccccc2)n(C(=O)OC)c2ccccc12. The molecule has 2 aromatic carbocycles. The van der Waals surface area contributed by atoms with Crippen LogP contribution < -0.4 is 0 Å². The highest BCUT2D eigenvalue weighted by molar-refractivity contribution is 5.99. The van der Waals surface area contributed by atoms with Crippen molar-refractivity contribution in [2.24, 2.45) is 0 Å². The van der Waals surface area contributed by atoms with E-state index in [2.05, 4.69) is 6.58 Å². The van der Waals surface area contributed by atoms with Gasteiger partial charge in [0.25, 0.3) is 0 Å². The number of hydrogen-bond donors (Lipinski definition) is 0. The molecule has 0 amide bonds. The summed E-state index contributed by atoms with van der Waals surface area (Å²) in [6.45, 7) is 3.85. The van der Waals surface area contributed by atoms with Crippen molar-refractivity contribution in [3.05, 3.63) is 72.8 Å². The molecule has 0 atom stereocenters. The van der Waals surface area contributed by atoms with Crippen molar-refractivity contribution >= 4 is 17.0 Å². The first kappa shape index (κ1) is 14.1. The molecule has 0 saturated carbocycles. The number of fused-ring (bicyclic) bond motifs is 1. The van der Waals surface area contributed by atoms with Crippen LogP contribution in [0.25, 0.3) is 22.2 Å². The Morgan fingerprint density at radius 1 is 1.14 bits per heavy atom. The summed E-state index contributed by atoms with van der Waals surface area (Å²) in [5.41, 5.74) is 3.79. The van der Waals surface area contributed by atoms with Gasteiger partial charge in [0.15, 0.2) is 0 Å². The lowest BCUT2D eigenvalue weighted by molar-refractivity contribution is 0.174. The number of rotatable bonds is 3. The second-order valence-electron chi connectivity index (χ2n) is 5.01. The van der Waals surface area contributed by atoms with Gasteiger partial charge in [-0.05, 0) is 23.6 Å². The van der Waals surface area contributed by atoms with Gasteiger partial charge in [-0.1, -0.05) is 54.6 Å². The van der Waals surface area contributed by atoms with E-state index in [0.717, 1.165) is 27.7 Å². The molecule has 0 spiro atoms. The van der Waals surface area contributed by atoms with Crippen molar-refractivity contribution in [3.63, 3.8) is 0 Å². The van der Waals surface area contributed by atoms with Gasteiger partial charge in [0.05, 0.1) is 18.3 Å². The van der Waals surface area contributed by atoms with E-state index in [1.165, 1.54) is 7.11 Å². The van der Waals surface area contributed by atoms with E-state index in [4.69, 9.17) is 4.74 Å². The number of carbonyl (C=O) groups is 1. The van der Waals surface area contributed by atoms with Crippen LogP contribution in [-0.4, -0.2) is 17.8 Å². The normalized spacial score (nSPS) is 10.6. The fraction of sp³-hybridized carbons (Fsp3) is 0.105. The van der Waals surface area contributed by atoms with Gasteiger partial charge in [0, 0.05) is 5.39 Å². The average Bonchev–Trinajstić information content (AvgIpc) is 2.90. The first-order valence-electron chi connectivity index (χ1n) is 7.15. The van der Waals surface area contributed by atoms with Crippen LogP contribution in [0.3, 0.4) is 0 Å². The molecule has 3 aromatic rings. The summed E-state index contributed by atoms with van der Waals surface area (Å²) < 4.78 is 6.64. The van der Waals surface area contributed by atoms with Gasteiger partial charge in [0.2, 0.25) is 0 Å². The predicted octanol–water partition coefficient (Wildman–Crippen LogP) is 4.65. The molecule has 0 bridgehead atoms. The number of nitrogens with zero attached hydrogens (tertiary/aromatic N) is 1. The fourth-order valence-corrected chi connectivity index (χ4v) is 2.84. The molecule has 22 heavy (non-hydrogen) atoms. The van der Waals surface area contributed by atoms with Gasteiger partial charge < -0.3 is 4.74 Å². The second-order valence-corrected chi connectivity index (χ2v) is 5.01. The van der Waals surface area contributed by atoms with Crippen LogP contribution >= 0.6 is 0 Å². The highest BCUT2D eigenvalue weighted by Crippen LogP contribution is 2.34. The van der Waals surface area contributed by atoms with Gasteiger partial charge in [-0.25, -0.2) is 9.36 Å². The van der Waals surface area contributed by atoms with Crippen molar-refractivity contribution in [1.82, 2.24) is 4.57 Å². The Kier molecular flexibility index (Phi) is 3.79. The summed E-state index contributed by atoms with van der Waals surface area (Å²) >= 11 is 0. The van der Waals surface area contributed by atoms with Crippen molar-refractivity contribution in [1.29, 1.82) is 0 Å². The number of allylic oxidation sites excluding steroid dienone is 1. The minimum absolute atomic E-state index is 0.384. The van der Waals surface area contributed by atoms with Crippen molar-refractivity contribution in [2.75, 3.05) is 7.11 Å². The third-order valence-corrected chi connectivity index (χ3v) is 3.73. The summed E-state index contributed by atoms with van der Waals surface area (Å²) in [5.74, 6) is 0. The quantitative estimate of drug-likeness (QED) is 0.658. The monoisotopic (exact) mass is 291 g/mol. The minimum atomic E-state index is -0.384. The average molecular weight is 291 g/mol. The zero-order valence-corrected chi connectivity index (χ0v) is 12.5. The molecule has 0 radical (unpaired) electrons. The molecule has 0 aliphatic heterocycles. The Labute approximate surface area is 129 Å². The van der Waals surface area contributed by atoms with E-state index in [-0.39, 0.29) is 6.09 Å². The number of carbonyl (C=O) groups excluding carboxylic acids is 1. The van der Waals surface area contributed by atoms with Crippen LogP contribution in [0.5, 0.6) is 0 Å². The predicted molar refractivity (Wildman–Crippen MR) is 89.1 cm³/mol. The maximum absolute atomic E-state index is 12.4. The third-order valence-electron chi connectivity index (χ3n) is 3.73. The third kappa shape index (κ3) is 2.21. The standard InChI is InChI=1S/C19H17NO2/c1-3-9-16-15-12-7-8-13-17(15)20(19(21)22-2)18(16)14-10-5-4-6-11-14/h3-8,10-13H,1,9H2,2H3. The Morgan fingerprint density at radius 2 is 1.82 bits per heavy atom. The first-order chi connectivity index (χ1) is 10.8. The summed E-state index contributed by atoms with van der Waals surface area (Å²) in [4.78, 5) is 12.4. The maximum Gasteiger partial charge on any atom is 0.418 e. The number of methoxy groups -OCH3 is 1. The van der Waals surface area contributed by atoms with E-state index in [1.54, 1.807) is 4.57 Å². The molecule has 0 aliphatic carbocycles. The molecule has 3 heteroatoms. The van der Waals surface area contributed by atoms with E-state index < -0.39 is 0 Å². The molecule has 1 heterocycles. The fourth-order valence-electron chi connectivity index (χ4n) is 2.84. The van der Waals surface area contributed by atoms with Crippen LogP contribution in [0.2, 0.25) is 0 Å². The summed E-state index contributed by atoms with van der Waals surface area (Å²) in [6, 6.07) is 17.8. The van der Waals surface area contributed by atoms with E-state index >= 15 is 0 Å². The number of para-hydroxylation sites is 1. The zero-order valence-electron chi connectivity index (χ0n) is 12.5. The van der Waals surface area contributed by atoms with Crippen molar-refractivity contribution in [3.8, 4) is 11.3 Å². The van der Waals surface area contributed by atoms with E-state index in [1.807, 2.05) is 60.7 Å². The van der Waals surface area contributed by atoms with Crippen LogP contribution in [0.4, 0.5) is 4.79 Å². The molecule has 0 fully saturated rings. The summed E-state index contributed by atoms with van der Waals surface area (Å²) in [7, 11) is 1.40. The molecule has 0 N–H and O–H groups in total. The van der Waals surface area contributed by atoms with Gasteiger partial charge in [-0.3, -0.25) is 0 Å². The molecule has 0 saturated heterocycles. The van der Waals surface area contributed by atoms with Crippen LogP contribution in [0.1, 0.15) is 5.56 Å². The molecule has 0 unspecified atom stereocenters. The topological polar surface area (TPSA) is 31.2 Å². The summed E-state index contributed by atoms with van der Waals surface area (Å²) in [6.07, 6.45) is 2.16. The Bertz CT molecular complexity index is 831. The lowest BCUT2D eigenvalue weighted by Crippen LogP contribution is -2.12. The Hall–Kier alpha value is -2.81. The largest absolute Gasteiger partial charge is 0.452 e. The van der Waals surface area contributed by atoms with Crippen molar-refractivity contribution < 1.29 is 9.53 Å². The molecule has 0 aliphatic rings. The lowest BCUT2D eigenvalue weighted by atomic mass is 10.0. The zero-order chi connectivity index (χ0) is 15.5. The second kappa shape index (κ2) is 5.90. The lowest BCUT2D eigenvalue weighted by Gasteiger charge is -2.09. The van der Waals surface area contributed by atoms with Crippen LogP contribution in [0.15, 0.2) is 67.3 Å². The van der Waals surface area contributed by atoms with Gasteiger partial charge in [0.1, 0.15) is 0 Å². The van der Waals surface area contributed by atoms with Gasteiger partial charge in [-0.15, -0.1) is 6.58 Å². The number of ether oxygens (including phenoxy) is 1. The molecule has 3 nitrogen and oxygen atoms in total. The number of aromatic nitrogens is 1. The Morgan fingerprint density at radius 3 is 2.50 bits per heavy atom. The van der Waals surface area contributed by atoms with Gasteiger partial charge >= 0.3 is 6.09 Å². The Balaban J connectivity index is 2.43. The van der Waals surface area contributed by atoms with E-state index in [9.17, 15) is 4.79 Å². The van der Waals surface area contributed by atoms with Crippen LogP contribution in [-0.2, 0) is 11.2 Å². The molecule has 3 rings (SSSR count). The molecular formula is C19H17NO2. The van der Waals surface area contributed by atoms with Crippen molar-refractivity contribution in [2.45, 2.75) is 6.42 Å². The number of hydrogen-bond acceptors (Lipinski definition) is 2. The molecule has 1 aromatic heterocycles. The highest BCUT2D eigenvalue weighted by Gasteiger charge is 2.21. The number of benzene rings is 2. The van der Waals surface area contributed by atoms with Gasteiger partial charge in [-0.2, -0.15) is 0 Å². The van der Waals surface area contributed by atoms with Crippen LogP contribution in [0, 0.1) is 0 Å².